The van der Waals surface area contributed by atoms with Crippen LogP contribution in [0.5, 0.6) is 0 Å². The van der Waals surface area contributed by atoms with Crippen molar-refractivity contribution in [1.29, 1.82) is 0 Å². The Bertz CT molecular complexity index is 2450. The van der Waals surface area contributed by atoms with E-state index in [-0.39, 0.29) is 36.9 Å². The van der Waals surface area contributed by atoms with Crippen LogP contribution < -0.4 is 70.8 Å². The van der Waals surface area contributed by atoms with Crippen LogP contribution in [0.15, 0.2) is 12.2 Å². The number of primary amides is 3. The maximum absolute atomic E-state index is 14.1. The Morgan fingerprint density at radius 3 is 1.45 bits per heavy atom. The average Bonchev–Trinajstić information content (AvgIpc) is 1.78. The van der Waals surface area contributed by atoms with Crippen molar-refractivity contribution in [2.24, 2.45) is 46.6 Å². The van der Waals surface area contributed by atoms with E-state index in [9.17, 15) is 77.3 Å². The molecule has 0 saturated heterocycles. The van der Waals surface area contributed by atoms with Gasteiger partial charge in [0, 0.05) is 24.3 Å². The van der Waals surface area contributed by atoms with Crippen molar-refractivity contribution in [3.8, 4) is 0 Å². The minimum Gasteiger partial charge on any atom is -0.481 e. The smallest absolute Gasteiger partial charge is 0.305 e. The van der Waals surface area contributed by atoms with Crippen LogP contribution in [0.4, 0.5) is 0 Å². The van der Waals surface area contributed by atoms with Gasteiger partial charge in [0.1, 0.15) is 42.3 Å². The molecule has 0 aliphatic rings. The summed E-state index contributed by atoms with van der Waals surface area (Å²) in [5.74, 6) is -14.4. The number of nitrogens with two attached hydrogens (primary N) is 4. The highest BCUT2D eigenvalue weighted by atomic mass is 16.4. The summed E-state index contributed by atoms with van der Waals surface area (Å²) in [5.41, 5.74) is 18.9. The Morgan fingerprint density at radius 2 is 0.989 bits per heavy atom. The van der Waals surface area contributed by atoms with Gasteiger partial charge in [0.25, 0.3) is 0 Å². The monoisotopic (exact) mass is 1240 g/mol. The summed E-state index contributed by atoms with van der Waals surface area (Å²) in [4.78, 5) is 183. The number of aliphatic carboxylic acids is 1. The standard InChI is InChI=1S/C58H101N13O16/c1-15-33(10)46(68-49(80)34(11)63-51(82)38(27-42(61)75)66-50(81)36(22-23-40(59)73)64-53(84)44(62)35(12)72)55(86)67-39(28-43(76)77)52(83)71-57(13,48(79)31(6)7)24-20-18-16-17-19-21-25-58(14,70-32(8)9)56(87)69-45(29(2)3)54(85)65-37(26-41(60)74)47(78)30(4)5/h16-17,29-39,44-46,70,72H,15,18-28,62H2,1-14H3,(H2,59,73)(H2,60,74)(H2,61,75)(H,63,82)(H,64,84)(H,65,85)(H,66,81)(H,67,86)(H,68,80)(H,69,87)(H,71,83)(H,76,77)/b17-16-/t33-,34-,35+,36-,37-,38-,39-,44-,45-,46-,57-,58-/m0/s1. The van der Waals surface area contributed by atoms with Gasteiger partial charge in [0.05, 0.1) is 42.5 Å². The second-order valence-electron chi connectivity index (χ2n) is 24.0. The van der Waals surface area contributed by atoms with E-state index in [1.54, 1.807) is 62.3 Å². The summed E-state index contributed by atoms with van der Waals surface area (Å²) in [6, 6.07) is -11.9. The van der Waals surface area contributed by atoms with Gasteiger partial charge in [-0.05, 0) is 98.3 Å². The van der Waals surface area contributed by atoms with E-state index in [4.69, 9.17) is 22.9 Å². The Morgan fingerprint density at radius 1 is 0.517 bits per heavy atom. The van der Waals surface area contributed by atoms with Crippen molar-refractivity contribution >= 4 is 82.5 Å². The minimum atomic E-state index is -1.76. The summed E-state index contributed by atoms with van der Waals surface area (Å²) in [6.07, 6.45) is 2.00. The quantitative estimate of drug-likeness (QED) is 0.0238. The number of Topliss-reactive ketones (excluding diaryl/α,β-unsaturated/α-hetero) is 2. The summed E-state index contributed by atoms with van der Waals surface area (Å²) in [6.45, 7) is 22.6. The number of amides is 11. The number of carboxylic acid groups (broad SMARTS) is 1. The van der Waals surface area contributed by atoms with E-state index < -0.39 is 186 Å². The lowest BCUT2D eigenvalue weighted by molar-refractivity contribution is -0.142. The lowest BCUT2D eigenvalue weighted by Crippen LogP contribution is -2.62. The Balaban J connectivity index is 6.26. The third-order valence-electron chi connectivity index (χ3n) is 14.4. The van der Waals surface area contributed by atoms with Crippen LogP contribution in [0.2, 0.25) is 0 Å². The molecular weight excluding hydrogens is 1130 g/mol. The molecule has 494 valence electrons. The molecule has 0 radical (unpaired) electrons. The fraction of sp³-hybridized carbons (Fsp3) is 0.724. The lowest BCUT2D eigenvalue weighted by atomic mass is 9.84. The number of carbonyl (C=O) groups is 14. The second kappa shape index (κ2) is 38.0. The highest BCUT2D eigenvalue weighted by Gasteiger charge is 2.41. The van der Waals surface area contributed by atoms with Gasteiger partial charge in [-0.1, -0.05) is 74.0 Å². The van der Waals surface area contributed by atoms with Crippen LogP contribution in [0.1, 0.15) is 174 Å². The van der Waals surface area contributed by atoms with Crippen LogP contribution in [0.3, 0.4) is 0 Å². The summed E-state index contributed by atoms with van der Waals surface area (Å²) >= 11 is 0. The molecule has 12 atom stereocenters. The topological polar surface area (TPSA) is 492 Å². The van der Waals surface area contributed by atoms with Crippen molar-refractivity contribution in [3.63, 3.8) is 0 Å². The highest BCUT2D eigenvalue weighted by molar-refractivity contribution is 6.01. The van der Waals surface area contributed by atoms with E-state index in [0.717, 1.165) is 0 Å². The molecule has 0 aromatic heterocycles. The van der Waals surface area contributed by atoms with E-state index in [1.165, 1.54) is 20.8 Å². The predicted molar refractivity (Wildman–Crippen MR) is 321 cm³/mol. The zero-order valence-electron chi connectivity index (χ0n) is 53.1. The molecular formula is C58H101N13O16. The van der Waals surface area contributed by atoms with Gasteiger partial charge in [-0.3, -0.25) is 67.1 Å². The number of carboxylic acids is 1. The van der Waals surface area contributed by atoms with Gasteiger partial charge in [-0.15, -0.1) is 0 Å². The number of allylic oxidation sites excluding steroid dienone is 2. The number of rotatable bonds is 43. The molecule has 0 aliphatic carbocycles. The molecule has 29 heteroatoms. The first-order valence-corrected chi connectivity index (χ1v) is 29.6. The zero-order valence-corrected chi connectivity index (χ0v) is 53.1. The molecule has 0 aromatic rings. The normalized spacial score (nSPS) is 16.4. The predicted octanol–water partition coefficient (Wildman–Crippen LogP) is -1.72. The first-order valence-electron chi connectivity index (χ1n) is 29.6. The van der Waals surface area contributed by atoms with E-state index in [2.05, 4.69) is 47.9 Å². The number of hydrogen-bond donors (Lipinski definition) is 15. The molecule has 19 N–H and O–H groups in total. The van der Waals surface area contributed by atoms with Gasteiger partial charge < -0.3 is 81.0 Å². The molecule has 0 spiro atoms. The minimum absolute atomic E-state index is 0.0914. The fourth-order valence-corrected chi connectivity index (χ4v) is 9.17. The van der Waals surface area contributed by atoms with E-state index >= 15 is 0 Å². The third kappa shape index (κ3) is 28.8. The second-order valence-corrected chi connectivity index (χ2v) is 24.0. The molecule has 0 fully saturated rings. The summed E-state index contributed by atoms with van der Waals surface area (Å²) < 4.78 is 0. The maximum Gasteiger partial charge on any atom is 0.305 e. The van der Waals surface area contributed by atoms with Crippen molar-refractivity contribution < 1.29 is 77.3 Å². The number of aliphatic hydroxyl groups is 1. The molecule has 87 heavy (non-hydrogen) atoms. The van der Waals surface area contributed by atoms with E-state index in [1.807, 2.05) is 26.0 Å². The van der Waals surface area contributed by atoms with Gasteiger partial charge in [-0.25, -0.2) is 0 Å². The Hall–Kier alpha value is -7.40. The number of hydrogen-bond acceptors (Lipinski definition) is 17. The molecule has 0 bridgehead atoms. The van der Waals surface area contributed by atoms with Crippen LogP contribution in [0.25, 0.3) is 0 Å². The molecule has 11 amide bonds. The fourth-order valence-electron chi connectivity index (χ4n) is 9.17. The highest BCUT2D eigenvalue weighted by Crippen LogP contribution is 2.22. The summed E-state index contributed by atoms with van der Waals surface area (Å²) in [5, 5.41) is 42.8. The first kappa shape index (κ1) is 79.6. The zero-order chi connectivity index (χ0) is 67.4. The Kier molecular flexibility index (Phi) is 34.8. The van der Waals surface area contributed by atoms with Gasteiger partial charge >= 0.3 is 5.97 Å². The number of aliphatic hydroxyl groups excluding tert-OH is 1. The number of ketones is 2. The van der Waals surface area contributed by atoms with Crippen molar-refractivity contribution in [3.05, 3.63) is 12.2 Å². The number of nitrogens with one attached hydrogen (secondary N) is 9. The molecule has 0 aliphatic heterocycles. The van der Waals surface area contributed by atoms with Crippen molar-refractivity contribution in [2.75, 3.05) is 0 Å². The number of carbonyl (C=O) groups excluding carboxylic acids is 13. The van der Waals surface area contributed by atoms with E-state index in [0.29, 0.717) is 32.1 Å². The van der Waals surface area contributed by atoms with Crippen molar-refractivity contribution in [2.45, 2.75) is 246 Å². The largest absolute Gasteiger partial charge is 0.481 e. The molecule has 29 nitrogen and oxygen atoms in total. The van der Waals surface area contributed by atoms with Gasteiger partial charge in [0.15, 0.2) is 11.6 Å². The van der Waals surface area contributed by atoms with Gasteiger partial charge in [-0.2, -0.15) is 0 Å². The lowest BCUT2D eigenvalue weighted by Gasteiger charge is -2.34. The molecule has 0 saturated carbocycles. The summed E-state index contributed by atoms with van der Waals surface area (Å²) in [7, 11) is 0. The van der Waals surface area contributed by atoms with Crippen LogP contribution in [-0.4, -0.2) is 164 Å². The van der Waals surface area contributed by atoms with Crippen LogP contribution in [0, 0.1) is 23.7 Å². The van der Waals surface area contributed by atoms with Gasteiger partial charge in [0.2, 0.25) is 65.0 Å². The average molecular weight is 1240 g/mol. The Labute approximate surface area is 510 Å². The molecule has 0 rings (SSSR count). The maximum atomic E-state index is 14.1. The molecule has 0 unspecified atom stereocenters. The van der Waals surface area contributed by atoms with Crippen LogP contribution in [-0.2, 0) is 67.1 Å². The number of unbranched alkanes of at least 4 members (excludes halogenated alkanes) is 2. The SMILES string of the molecule is CC[C@H](C)[C@H](NC(=O)[C@H](C)NC(=O)[C@H](CC(N)=O)NC(=O)[C@H](CCC(N)=O)NC(=O)[C@@H](N)[C@@H](C)O)C(=O)N[C@@H](CC(=O)O)C(=O)N[C@@](C)(CCC/C=C\CCC[C@](C)(NC(C)C)C(=O)N[C@H](C(=O)N[C@@H](CC(N)=O)C(=O)C(C)C)C(C)C)C(=O)C(C)C. The third-order valence-corrected chi connectivity index (χ3v) is 14.4. The molecule has 0 heterocycles. The first-order chi connectivity index (χ1) is 40.1. The molecule has 0 aromatic carbocycles. The van der Waals surface area contributed by atoms with Crippen LogP contribution >= 0.6 is 0 Å². The van der Waals surface area contributed by atoms with Crippen molar-refractivity contribution in [1.82, 2.24) is 47.9 Å².